The molecular weight excluding hydrogens is 414 g/mol. The molecule has 0 fully saturated rings. The molecule has 0 atom stereocenters. The van der Waals surface area contributed by atoms with Gasteiger partial charge in [-0.25, -0.2) is 4.79 Å². The Hall–Kier alpha value is -3.83. The van der Waals surface area contributed by atoms with Gasteiger partial charge in [0.2, 0.25) is 0 Å². The van der Waals surface area contributed by atoms with Crippen molar-refractivity contribution in [3.05, 3.63) is 125 Å². The number of allylic oxidation sites excluding steroid dienone is 3. The summed E-state index contributed by atoms with van der Waals surface area (Å²) in [6.07, 6.45) is 8.20. The number of carboxylic acids is 1. The lowest BCUT2D eigenvalue weighted by Gasteiger charge is -2.21. The molecule has 3 aromatic rings. The highest BCUT2D eigenvalue weighted by Gasteiger charge is 2.17. The minimum Gasteiger partial charge on any atom is -0.482 e. The predicted octanol–water partition coefficient (Wildman–Crippen LogP) is 5.39. The molecule has 33 heavy (non-hydrogen) atoms. The van der Waals surface area contributed by atoms with Gasteiger partial charge in [-0.3, -0.25) is 10.3 Å². The van der Waals surface area contributed by atoms with Crippen LogP contribution in [-0.2, 0) is 22.5 Å². The molecule has 5 heteroatoms. The largest absolute Gasteiger partial charge is 0.482 e. The number of benzene rings is 3. The van der Waals surface area contributed by atoms with E-state index in [2.05, 4.69) is 41.9 Å². The van der Waals surface area contributed by atoms with Gasteiger partial charge in [0.05, 0.1) is 0 Å². The van der Waals surface area contributed by atoms with Crippen molar-refractivity contribution in [1.29, 1.82) is 0 Å². The summed E-state index contributed by atoms with van der Waals surface area (Å²) in [5.74, 6) is -0.293. The Balaban J connectivity index is 1.37. The first-order valence-electron chi connectivity index (χ1n) is 11.0. The second-order valence-corrected chi connectivity index (χ2v) is 7.87. The molecule has 0 saturated heterocycles. The molecule has 168 valence electrons. The van der Waals surface area contributed by atoms with Gasteiger partial charge in [-0.05, 0) is 53.7 Å². The van der Waals surface area contributed by atoms with E-state index in [-0.39, 0.29) is 12.7 Å². The van der Waals surface area contributed by atoms with Gasteiger partial charge in [0.15, 0.2) is 6.61 Å². The quantitative estimate of drug-likeness (QED) is 0.436. The summed E-state index contributed by atoms with van der Waals surface area (Å²) in [6, 6.07) is 26.1. The third kappa shape index (κ3) is 6.11. The smallest absolute Gasteiger partial charge is 0.341 e. The zero-order chi connectivity index (χ0) is 22.9. The third-order valence-corrected chi connectivity index (χ3v) is 5.58. The van der Waals surface area contributed by atoms with Gasteiger partial charge in [-0.15, -0.1) is 0 Å². The summed E-state index contributed by atoms with van der Waals surface area (Å²) in [6.45, 7) is -0.319. The molecule has 0 radical (unpaired) electrons. The zero-order valence-corrected chi connectivity index (χ0v) is 18.3. The maximum absolute atomic E-state index is 10.8. The molecule has 0 spiro atoms. The summed E-state index contributed by atoms with van der Waals surface area (Å²) in [5.41, 5.74) is 8.72. The van der Waals surface area contributed by atoms with Crippen LogP contribution in [-0.4, -0.2) is 17.7 Å². The summed E-state index contributed by atoms with van der Waals surface area (Å²) < 4.78 is 5.45. The number of fused-ring (bicyclic) bond motifs is 1. The molecule has 5 nitrogen and oxygen atoms in total. The number of nitrogens with one attached hydrogen (secondary N) is 1. The second-order valence-electron chi connectivity index (χ2n) is 7.87. The molecule has 3 aromatic carbocycles. The van der Waals surface area contributed by atoms with Gasteiger partial charge in [0, 0.05) is 6.20 Å². The lowest BCUT2D eigenvalue weighted by Crippen LogP contribution is -2.14. The Bertz CT molecular complexity index is 1080. The van der Waals surface area contributed by atoms with Crippen LogP contribution < -0.4 is 10.2 Å². The topological polar surface area (TPSA) is 67.8 Å². The Kier molecular flexibility index (Phi) is 7.56. The van der Waals surface area contributed by atoms with Gasteiger partial charge < -0.3 is 9.84 Å². The van der Waals surface area contributed by atoms with Crippen molar-refractivity contribution in [1.82, 2.24) is 5.48 Å². The Labute approximate surface area is 193 Å². The van der Waals surface area contributed by atoms with E-state index < -0.39 is 5.97 Å². The number of carboxylic acid groups (broad SMARTS) is 1. The van der Waals surface area contributed by atoms with Gasteiger partial charge >= 0.3 is 5.97 Å². The predicted molar refractivity (Wildman–Crippen MR) is 128 cm³/mol. The molecule has 2 N–H and O–H groups in total. The standard InChI is InChI=1S/C28H27NO4/c30-27(31)20-32-26-15-7-14-24-19-21(16-17-25(24)26)9-8-18-29-33-28(22-10-3-1-4-11-22)23-12-5-2-6-13-23/h1-15,18,28-29H,16-17,19-20H2,(H,30,31). The number of carbonyl (C=O) groups is 1. The van der Waals surface area contributed by atoms with Crippen molar-refractivity contribution in [2.75, 3.05) is 6.61 Å². The van der Waals surface area contributed by atoms with Crippen molar-refractivity contribution >= 4 is 5.97 Å². The summed E-state index contributed by atoms with van der Waals surface area (Å²) in [4.78, 5) is 16.8. The molecule has 1 aliphatic carbocycles. The fourth-order valence-corrected chi connectivity index (χ4v) is 4.01. The average molecular weight is 442 g/mol. The molecule has 0 bridgehead atoms. The molecule has 0 saturated carbocycles. The maximum atomic E-state index is 10.8. The van der Waals surface area contributed by atoms with Crippen LogP contribution in [0.4, 0.5) is 0 Å². The number of hydrogen-bond donors (Lipinski definition) is 2. The second kappa shape index (κ2) is 11.2. The fraction of sp³-hybridized carbons (Fsp3) is 0.179. The molecule has 0 aromatic heterocycles. The Morgan fingerprint density at radius 3 is 2.30 bits per heavy atom. The van der Waals surface area contributed by atoms with Crippen LogP contribution in [0.15, 0.2) is 103 Å². The van der Waals surface area contributed by atoms with Crippen molar-refractivity contribution in [3.63, 3.8) is 0 Å². The zero-order valence-electron chi connectivity index (χ0n) is 18.3. The third-order valence-electron chi connectivity index (χ3n) is 5.58. The lowest BCUT2D eigenvalue weighted by atomic mass is 9.87. The number of aliphatic carboxylic acids is 1. The van der Waals surface area contributed by atoms with Crippen molar-refractivity contribution in [2.45, 2.75) is 25.4 Å². The van der Waals surface area contributed by atoms with Crippen LogP contribution in [0.3, 0.4) is 0 Å². The fourth-order valence-electron chi connectivity index (χ4n) is 4.01. The highest BCUT2D eigenvalue weighted by Crippen LogP contribution is 2.32. The minimum atomic E-state index is -0.967. The minimum absolute atomic E-state index is 0.213. The number of hydroxylamine groups is 1. The molecule has 0 unspecified atom stereocenters. The van der Waals surface area contributed by atoms with Crippen molar-refractivity contribution < 1.29 is 19.5 Å². The number of ether oxygens (including phenoxy) is 1. The Morgan fingerprint density at radius 2 is 1.64 bits per heavy atom. The van der Waals surface area contributed by atoms with Gasteiger partial charge in [-0.2, -0.15) is 0 Å². The number of rotatable bonds is 9. The first-order valence-corrected chi connectivity index (χ1v) is 11.0. The molecular formula is C28H27NO4. The normalized spacial score (nSPS) is 14.4. The van der Waals surface area contributed by atoms with Crippen LogP contribution in [0.25, 0.3) is 0 Å². The van der Waals surface area contributed by atoms with E-state index in [1.807, 2.05) is 54.6 Å². The molecule has 0 heterocycles. The highest BCUT2D eigenvalue weighted by atomic mass is 16.7. The van der Waals surface area contributed by atoms with Crippen LogP contribution in [0.1, 0.15) is 34.8 Å². The van der Waals surface area contributed by atoms with Gasteiger partial charge in [-0.1, -0.05) is 84.4 Å². The van der Waals surface area contributed by atoms with E-state index in [0.29, 0.717) is 5.75 Å². The summed E-state index contributed by atoms with van der Waals surface area (Å²) >= 11 is 0. The SMILES string of the molecule is O=C(O)COc1cccc2c1CCC(=CC=CNOC(c1ccccc1)c1ccccc1)C2. The number of hydrogen-bond acceptors (Lipinski definition) is 4. The van der Waals surface area contributed by atoms with Crippen LogP contribution >= 0.6 is 0 Å². The van der Waals surface area contributed by atoms with Crippen LogP contribution in [0.5, 0.6) is 5.75 Å². The summed E-state index contributed by atoms with van der Waals surface area (Å²) in [5, 5.41) is 8.87. The Morgan fingerprint density at radius 1 is 0.939 bits per heavy atom. The van der Waals surface area contributed by atoms with E-state index in [4.69, 9.17) is 14.7 Å². The van der Waals surface area contributed by atoms with Crippen LogP contribution in [0.2, 0.25) is 0 Å². The van der Waals surface area contributed by atoms with E-state index in [1.165, 1.54) is 11.1 Å². The monoisotopic (exact) mass is 441 g/mol. The van der Waals surface area contributed by atoms with E-state index in [0.717, 1.165) is 36.0 Å². The highest BCUT2D eigenvalue weighted by molar-refractivity contribution is 5.68. The van der Waals surface area contributed by atoms with Gasteiger partial charge in [0.1, 0.15) is 11.9 Å². The van der Waals surface area contributed by atoms with Crippen molar-refractivity contribution in [3.8, 4) is 5.75 Å². The molecule has 4 rings (SSSR count). The lowest BCUT2D eigenvalue weighted by molar-refractivity contribution is -0.139. The van der Waals surface area contributed by atoms with E-state index in [9.17, 15) is 4.79 Å². The first-order chi connectivity index (χ1) is 16.2. The summed E-state index contributed by atoms with van der Waals surface area (Å²) in [7, 11) is 0. The first kappa shape index (κ1) is 22.4. The average Bonchev–Trinajstić information content (AvgIpc) is 2.85. The maximum Gasteiger partial charge on any atom is 0.341 e. The van der Waals surface area contributed by atoms with Crippen molar-refractivity contribution in [2.24, 2.45) is 0 Å². The van der Waals surface area contributed by atoms with Gasteiger partial charge in [0.25, 0.3) is 0 Å². The van der Waals surface area contributed by atoms with E-state index in [1.54, 1.807) is 6.20 Å². The molecule has 0 amide bonds. The molecule has 1 aliphatic rings. The van der Waals surface area contributed by atoms with Crippen LogP contribution in [0, 0.1) is 0 Å². The molecule has 0 aliphatic heterocycles. The van der Waals surface area contributed by atoms with E-state index >= 15 is 0 Å².